The lowest BCUT2D eigenvalue weighted by Crippen LogP contribution is -2.40. The van der Waals surface area contributed by atoms with Gasteiger partial charge in [-0.3, -0.25) is 9.36 Å². The summed E-state index contributed by atoms with van der Waals surface area (Å²) in [5, 5.41) is 0. The highest BCUT2D eigenvalue weighted by atomic mass is 79.9. The van der Waals surface area contributed by atoms with E-state index in [-0.39, 0.29) is 11.7 Å². The molecule has 0 spiro atoms. The molecule has 2 heterocycles. The van der Waals surface area contributed by atoms with Crippen molar-refractivity contribution in [1.82, 2.24) is 4.57 Å². The van der Waals surface area contributed by atoms with Crippen LogP contribution in [0.25, 0.3) is 6.08 Å². The molecule has 5 rings (SSSR count). The number of allylic oxidation sites excluding steroid dienone is 1. The van der Waals surface area contributed by atoms with Crippen LogP contribution in [0.15, 0.2) is 98.3 Å². The van der Waals surface area contributed by atoms with Gasteiger partial charge in [0.05, 0.1) is 32.4 Å². The molecule has 0 amide bonds. The third-order valence-electron chi connectivity index (χ3n) is 6.47. The molecule has 1 aliphatic heterocycles. The first-order valence-corrected chi connectivity index (χ1v) is 14.6. The largest absolute Gasteiger partial charge is 0.488 e. The van der Waals surface area contributed by atoms with Crippen LogP contribution >= 0.6 is 27.3 Å². The standard InChI is InChI=1S/C32H29BrN2O4S/c1-19(2)39-31(37)28-21(4)34-32-35(29(28)24-8-6-5-7-9-24)30(36)27(40-32)17-23-14-15-26(25(33)16-23)38-18-22-12-10-20(3)11-13-22/h5-17,19,29H,18H2,1-4H3. The van der Waals surface area contributed by atoms with E-state index in [0.29, 0.717) is 33.0 Å². The van der Waals surface area contributed by atoms with Gasteiger partial charge in [0.15, 0.2) is 4.80 Å². The molecule has 204 valence electrons. The Bertz CT molecular complexity index is 1770. The molecule has 1 atom stereocenters. The van der Waals surface area contributed by atoms with Crippen molar-refractivity contribution in [3.63, 3.8) is 0 Å². The number of rotatable bonds is 7. The van der Waals surface area contributed by atoms with Gasteiger partial charge in [-0.25, -0.2) is 9.79 Å². The van der Waals surface area contributed by atoms with E-state index in [4.69, 9.17) is 9.47 Å². The van der Waals surface area contributed by atoms with Crippen LogP contribution in [0.5, 0.6) is 5.75 Å². The van der Waals surface area contributed by atoms with Crippen LogP contribution < -0.4 is 19.6 Å². The van der Waals surface area contributed by atoms with Crippen molar-refractivity contribution < 1.29 is 14.3 Å². The Kier molecular flexibility index (Phi) is 8.19. The quantitative estimate of drug-likeness (QED) is 0.245. The van der Waals surface area contributed by atoms with Crippen LogP contribution in [-0.4, -0.2) is 16.6 Å². The lowest BCUT2D eigenvalue weighted by Gasteiger charge is -2.25. The fraction of sp³-hybridized carbons (Fsp3) is 0.219. The summed E-state index contributed by atoms with van der Waals surface area (Å²) < 4.78 is 14.5. The molecule has 6 nitrogen and oxygen atoms in total. The van der Waals surface area contributed by atoms with Crippen LogP contribution in [0, 0.1) is 6.92 Å². The number of hydrogen-bond acceptors (Lipinski definition) is 6. The zero-order valence-electron chi connectivity index (χ0n) is 22.7. The zero-order valence-corrected chi connectivity index (χ0v) is 25.1. The van der Waals surface area contributed by atoms with Crippen molar-refractivity contribution in [3.05, 3.63) is 130 Å². The molecule has 0 N–H and O–H groups in total. The fourth-order valence-electron chi connectivity index (χ4n) is 4.53. The van der Waals surface area contributed by atoms with Gasteiger partial charge in [0.1, 0.15) is 12.4 Å². The van der Waals surface area contributed by atoms with Crippen LogP contribution in [0.2, 0.25) is 0 Å². The minimum absolute atomic E-state index is 0.212. The highest BCUT2D eigenvalue weighted by Gasteiger charge is 2.33. The lowest BCUT2D eigenvalue weighted by molar-refractivity contribution is -0.143. The van der Waals surface area contributed by atoms with Crippen molar-refractivity contribution in [1.29, 1.82) is 0 Å². The van der Waals surface area contributed by atoms with Crippen LogP contribution in [0.4, 0.5) is 0 Å². The van der Waals surface area contributed by atoms with Gasteiger partial charge in [-0.15, -0.1) is 0 Å². The summed E-state index contributed by atoms with van der Waals surface area (Å²) in [5.74, 6) is 0.247. The Morgan fingerprint density at radius 3 is 2.48 bits per heavy atom. The molecule has 1 unspecified atom stereocenters. The first-order valence-electron chi connectivity index (χ1n) is 13.0. The van der Waals surface area contributed by atoms with Gasteiger partial charge in [-0.1, -0.05) is 77.6 Å². The first-order chi connectivity index (χ1) is 19.2. The fourth-order valence-corrected chi connectivity index (χ4v) is 6.09. The second kappa shape index (κ2) is 11.8. The number of nitrogens with zero attached hydrogens (tertiary/aromatic N) is 2. The molecule has 8 heteroatoms. The zero-order chi connectivity index (χ0) is 28.4. The summed E-state index contributed by atoms with van der Waals surface area (Å²) in [6.07, 6.45) is 1.54. The smallest absolute Gasteiger partial charge is 0.338 e. The Balaban J connectivity index is 1.51. The summed E-state index contributed by atoms with van der Waals surface area (Å²) in [4.78, 5) is 32.2. The maximum atomic E-state index is 13.8. The molecule has 0 fully saturated rings. The van der Waals surface area contributed by atoms with E-state index < -0.39 is 12.0 Å². The normalized spacial score (nSPS) is 15.2. The highest BCUT2D eigenvalue weighted by molar-refractivity contribution is 9.10. The lowest BCUT2D eigenvalue weighted by atomic mass is 9.96. The van der Waals surface area contributed by atoms with Gasteiger partial charge in [-0.05, 0) is 78.5 Å². The monoisotopic (exact) mass is 616 g/mol. The number of halogens is 1. The maximum absolute atomic E-state index is 13.8. The van der Waals surface area contributed by atoms with Crippen LogP contribution in [-0.2, 0) is 16.1 Å². The van der Waals surface area contributed by atoms with E-state index >= 15 is 0 Å². The highest BCUT2D eigenvalue weighted by Crippen LogP contribution is 2.31. The molecule has 0 saturated heterocycles. The molecule has 0 aliphatic carbocycles. The number of hydrogen-bond donors (Lipinski definition) is 0. The predicted octanol–water partition coefficient (Wildman–Crippen LogP) is 5.84. The Morgan fingerprint density at radius 1 is 1.07 bits per heavy atom. The summed E-state index contributed by atoms with van der Waals surface area (Å²) in [7, 11) is 0. The van der Waals surface area contributed by atoms with E-state index in [1.165, 1.54) is 16.9 Å². The molecular formula is C32H29BrN2O4S. The van der Waals surface area contributed by atoms with Crippen molar-refractivity contribution >= 4 is 39.3 Å². The Hall–Kier alpha value is -3.75. The van der Waals surface area contributed by atoms with E-state index in [0.717, 1.165) is 21.2 Å². The number of aryl methyl sites for hydroxylation is 1. The van der Waals surface area contributed by atoms with Gasteiger partial charge in [0.2, 0.25) is 0 Å². The average molecular weight is 618 g/mol. The van der Waals surface area contributed by atoms with Crippen molar-refractivity contribution in [2.45, 2.75) is 46.4 Å². The Labute approximate surface area is 245 Å². The number of aromatic nitrogens is 1. The topological polar surface area (TPSA) is 69.9 Å². The number of carbonyl (C=O) groups is 1. The molecule has 40 heavy (non-hydrogen) atoms. The van der Waals surface area contributed by atoms with Crippen molar-refractivity contribution in [3.8, 4) is 5.75 Å². The molecule has 3 aromatic carbocycles. The molecule has 0 bridgehead atoms. The minimum atomic E-state index is -0.630. The second-order valence-corrected chi connectivity index (χ2v) is 11.8. The maximum Gasteiger partial charge on any atom is 0.338 e. The minimum Gasteiger partial charge on any atom is -0.488 e. The van der Waals surface area contributed by atoms with Crippen LogP contribution in [0.3, 0.4) is 0 Å². The molecule has 0 radical (unpaired) electrons. The van der Waals surface area contributed by atoms with E-state index in [9.17, 15) is 9.59 Å². The number of fused-ring (bicyclic) bond motifs is 1. The summed E-state index contributed by atoms with van der Waals surface area (Å²) in [6, 6.07) is 22.8. The number of thiazole rings is 1. The summed E-state index contributed by atoms with van der Waals surface area (Å²) in [5.41, 5.74) is 4.65. The van der Waals surface area contributed by atoms with Gasteiger partial charge in [0.25, 0.3) is 5.56 Å². The molecule has 1 aliphatic rings. The first kappa shape index (κ1) is 27.8. The average Bonchev–Trinajstić information content (AvgIpc) is 3.22. The predicted molar refractivity (Wildman–Crippen MR) is 161 cm³/mol. The van der Waals surface area contributed by atoms with E-state index in [1.54, 1.807) is 25.3 Å². The van der Waals surface area contributed by atoms with Crippen molar-refractivity contribution in [2.75, 3.05) is 0 Å². The molecular weight excluding hydrogens is 588 g/mol. The molecule has 1 aromatic heterocycles. The molecule has 4 aromatic rings. The summed E-state index contributed by atoms with van der Waals surface area (Å²) >= 11 is 4.91. The van der Waals surface area contributed by atoms with E-state index in [1.807, 2.05) is 54.6 Å². The second-order valence-electron chi connectivity index (χ2n) is 9.91. The van der Waals surface area contributed by atoms with Gasteiger partial charge in [-0.2, -0.15) is 0 Å². The van der Waals surface area contributed by atoms with Crippen LogP contribution in [0.1, 0.15) is 49.1 Å². The number of carbonyl (C=O) groups excluding carboxylic acids is 1. The van der Waals surface area contributed by atoms with Gasteiger partial charge in [0, 0.05) is 0 Å². The van der Waals surface area contributed by atoms with Gasteiger partial charge < -0.3 is 9.47 Å². The summed E-state index contributed by atoms with van der Waals surface area (Å²) in [6.45, 7) is 7.90. The number of benzene rings is 3. The number of esters is 1. The van der Waals surface area contributed by atoms with Crippen molar-refractivity contribution in [2.24, 2.45) is 4.99 Å². The SMILES string of the molecule is CC1=C(C(=O)OC(C)C)C(c2ccccc2)n2c(sc(=Cc3ccc(OCc4ccc(C)cc4)c(Br)c3)c2=O)=N1. The number of ether oxygens (including phenoxy) is 2. The molecule has 0 saturated carbocycles. The third kappa shape index (κ3) is 5.88. The van der Waals surface area contributed by atoms with Gasteiger partial charge >= 0.3 is 5.97 Å². The third-order valence-corrected chi connectivity index (χ3v) is 8.07. The van der Waals surface area contributed by atoms with E-state index in [2.05, 4.69) is 52.1 Å². The Morgan fingerprint density at radius 2 is 1.80 bits per heavy atom.